The lowest BCUT2D eigenvalue weighted by Gasteiger charge is -2.29. The van der Waals surface area contributed by atoms with Crippen molar-refractivity contribution in [2.24, 2.45) is 0 Å². The normalized spacial score (nSPS) is 15.8. The van der Waals surface area contributed by atoms with Gasteiger partial charge in [0.15, 0.2) is 17.6 Å². The van der Waals surface area contributed by atoms with E-state index in [4.69, 9.17) is 14.2 Å². The Morgan fingerprint density at radius 3 is 2.72 bits per heavy atom. The topological polar surface area (TPSA) is 48.0 Å². The summed E-state index contributed by atoms with van der Waals surface area (Å²) >= 11 is 0. The van der Waals surface area contributed by atoms with E-state index >= 15 is 0 Å². The molecule has 0 aliphatic carbocycles. The average molecular weight is 339 g/mol. The van der Waals surface area contributed by atoms with Crippen LogP contribution in [0.1, 0.15) is 5.56 Å². The van der Waals surface area contributed by atoms with Crippen LogP contribution in [0.2, 0.25) is 0 Å². The number of para-hydroxylation sites is 3. The highest BCUT2D eigenvalue weighted by Gasteiger charge is 2.23. The molecule has 0 fully saturated rings. The summed E-state index contributed by atoms with van der Waals surface area (Å²) < 4.78 is 16.8. The number of fused-ring (bicyclic) bond motifs is 1. The molecule has 1 heterocycles. The second-order valence-electron chi connectivity index (χ2n) is 5.79. The molecule has 5 nitrogen and oxygen atoms in total. The lowest BCUT2D eigenvalue weighted by molar-refractivity contribution is -0.126. The van der Waals surface area contributed by atoms with Crippen LogP contribution in [0.25, 0.3) is 6.08 Å². The highest BCUT2D eigenvalue weighted by molar-refractivity contribution is 5.92. The molecule has 1 atom stereocenters. The van der Waals surface area contributed by atoms with Crippen molar-refractivity contribution in [2.75, 3.05) is 27.3 Å². The first kappa shape index (κ1) is 16.9. The molecule has 0 bridgehead atoms. The van der Waals surface area contributed by atoms with Gasteiger partial charge in [-0.2, -0.15) is 0 Å². The molecule has 3 rings (SSSR count). The third kappa shape index (κ3) is 4.12. The van der Waals surface area contributed by atoms with Gasteiger partial charge in [-0.1, -0.05) is 30.3 Å². The van der Waals surface area contributed by atoms with E-state index < -0.39 is 0 Å². The van der Waals surface area contributed by atoms with Crippen molar-refractivity contribution in [1.82, 2.24) is 4.90 Å². The molecule has 0 N–H and O–H groups in total. The van der Waals surface area contributed by atoms with E-state index in [9.17, 15) is 4.79 Å². The summed E-state index contributed by atoms with van der Waals surface area (Å²) in [5.74, 6) is 2.08. The Morgan fingerprint density at radius 1 is 1.20 bits per heavy atom. The van der Waals surface area contributed by atoms with Gasteiger partial charge in [-0.15, -0.1) is 0 Å². The van der Waals surface area contributed by atoms with Crippen molar-refractivity contribution in [3.8, 4) is 17.2 Å². The van der Waals surface area contributed by atoms with Crippen LogP contribution in [0.15, 0.2) is 54.6 Å². The molecular formula is C20H21NO4. The minimum absolute atomic E-state index is 0.103. The smallest absolute Gasteiger partial charge is 0.246 e. The van der Waals surface area contributed by atoms with Crippen molar-refractivity contribution in [1.29, 1.82) is 0 Å². The summed E-state index contributed by atoms with van der Waals surface area (Å²) in [7, 11) is 3.36. The number of carbonyl (C=O) groups is 1. The van der Waals surface area contributed by atoms with E-state index in [0.29, 0.717) is 18.9 Å². The maximum absolute atomic E-state index is 12.3. The highest BCUT2D eigenvalue weighted by Crippen LogP contribution is 2.31. The zero-order chi connectivity index (χ0) is 17.6. The van der Waals surface area contributed by atoms with Crippen LogP contribution in [0.5, 0.6) is 17.2 Å². The molecule has 5 heteroatoms. The van der Waals surface area contributed by atoms with Crippen molar-refractivity contribution in [3.63, 3.8) is 0 Å². The standard InChI is InChI=1S/C20H21NO4/c1-21(13-16-14-24-18-9-5-6-10-19(18)25-16)20(22)12-11-15-7-3-4-8-17(15)23-2/h3-12,16H,13-14H2,1-2H3/b12-11+. The number of likely N-dealkylation sites (N-methyl/N-ethyl adjacent to an activating group) is 1. The van der Waals surface area contributed by atoms with Crippen LogP contribution in [-0.4, -0.2) is 44.2 Å². The van der Waals surface area contributed by atoms with Gasteiger partial charge in [0.25, 0.3) is 0 Å². The highest BCUT2D eigenvalue weighted by atomic mass is 16.6. The number of nitrogens with zero attached hydrogens (tertiary/aromatic N) is 1. The number of ether oxygens (including phenoxy) is 3. The van der Waals surface area contributed by atoms with E-state index in [2.05, 4.69) is 0 Å². The molecule has 2 aromatic rings. The van der Waals surface area contributed by atoms with E-state index in [1.165, 1.54) is 6.08 Å². The second-order valence-corrected chi connectivity index (χ2v) is 5.79. The number of amides is 1. The third-order valence-corrected chi connectivity index (χ3v) is 3.97. The Bertz CT molecular complexity index is 772. The zero-order valence-corrected chi connectivity index (χ0v) is 14.3. The Morgan fingerprint density at radius 2 is 1.92 bits per heavy atom. The molecule has 1 aliphatic heterocycles. The number of hydrogen-bond donors (Lipinski definition) is 0. The van der Waals surface area contributed by atoms with Crippen LogP contribution >= 0.6 is 0 Å². The minimum Gasteiger partial charge on any atom is -0.496 e. The number of methoxy groups -OCH3 is 1. The van der Waals surface area contributed by atoms with Gasteiger partial charge in [0, 0.05) is 18.7 Å². The van der Waals surface area contributed by atoms with Crippen LogP contribution in [-0.2, 0) is 4.79 Å². The van der Waals surface area contributed by atoms with Crippen molar-refractivity contribution in [3.05, 3.63) is 60.2 Å². The van der Waals surface area contributed by atoms with E-state index in [-0.39, 0.29) is 12.0 Å². The number of rotatable bonds is 5. The summed E-state index contributed by atoms with van der Waals surface area (Å²) in [6.07, 6.45) is 3.10. The first-order chi connectivity index (χ1) is 12.2. The largest absolute Gasteiger partial charge is 0.496 e. The Hall–Kier alpha value is -2.95. The minimum atomic E-state index is -0.191. The van der Waals surface area contributed by atoms with E-state index in [1.54, 1.807) is 25.1 Å². The Kier molecular flexibility index (Phi) is 5.23. The molecule has 1 aliphatic rings. The van der Waals surface area contributed by atoms with Gasteiger partial charge < -0.3 is 19.1 Å². The zero-order valence-electron chi connectivity index (χ0n) is 14.3. The maximum atomic E-state index is 12.3. The van der Waals surface area contributed by atoms with Crippen molar-refractivity contribution in [2.45, 2.75) is 6.10 Å². The van der Waals surface area contributed by atoms with Crippen molar-refractivity contribution >= 4 is 12.0 Å². The number of benzene rings is 2. The first-order valence-electron chi connectivity index (χ1n) is 8.12. The lowest BCUT2D eigenvalue weighted by Crippen LogP contribution is -2.41. The fraction of sp³-hybridized carbons (Fsp3) is 0.250. The molecule has 1 unspecified atom stereocenters. The van der Waals surface area contributed by atoms with Crippen LogP contribution in [0, 0.1) is 0 Å². The summed E-state index contributed by atoms with van der Waals surface area (Å²) in [6, 6.07) is 15.1. The molecule has 25 heavy (non-hydrogen) atoms. The van der Waals surface area contributed by atoms with Gasteiger partial charge in [-0.25, -0.2) is 0 Å². The fourth-order valence-electron chi connectivity index (χ4n) is 2.64. The average Bonchev–Trinajstić information content (AvgIpc) is 2.66. The van der Waals surface area contributed by atoms with Gasteiger partial charge in [-0.05, 0) is 24.3 Å². The predicted molar refractivity (Wildman–Crippen MR) is 96.0 cm³/mol. The van der Waals surface area contributed by atoms with E-state index in [1.807, 2.05) is 48.5 Å². The molecule has 0 aromatic heterocycles. The Balaban J connectivity index is 1.59. The SMILES string of the molecule is COc1ccccc1/C=C/C(=O)N(C)CC1COc2ccccc2O1. The van der Waals surface area contributed by atoms with Crippen molar-refractivity contribution < 1.29 is 19.0 Å². The predicted octanol–water partition coefficient (Wildman–Crippen LogP) is 3.01. The summed E-state index contributed by atoms with van der Waals surface area (Å²) in [4.78, 5) is 14.0. The monoisotopic (exact) mass is 339 g/mol. The van der Waals surface area contributed by atoms with E-state index in [0.717, 1.165) is 17.1 Å². The van der Waals surface area contributed by atoms with Gasteiger partial charge in [0.05, 0.1) is 13.7 Å². The fourth-order valence-corrected chi connectivity index (χ4v) is 2.64. The quantitative estimate of drug-likeness (QED) is 0.786. The first-order valence-corrected chi connectivity index (χ1v) is 8.12. The Labute approximate surface area is 147 Å². The van der Waals surface area contributed by atoms with Crippen LogP contribution < -0.4 is 14.2 Å². The summed E-state index contributed by atoms with van der Waals surface area (Å²) in [5, 5.41) is 0. The van der Waals surface area contributed by atoms with Crippen LogP contribution in [0.3, 0.4) is 0 Å². The van der Waals surface area contributed by atoms with Crippen LogP contribution in [0.4, 0.5) is 0 Å². The molecule has 0 radical (unpaired) electrons. The number of hydrogen-bond acceptors (Lipinski definition) is 4. The maximum Gasteiger partial charge on any atom is 0.246 e. The summed E-state index contributed by atoms with van der Waals surface area (Å²) in [5.41, 5.74) is 0.859. The molecular weight excluding hydrogens is 318 g/mol. The molecule has 130 valence electrons. The molecule has 0 saturated heterocycles. The van der Waals surface area contributed by atoms with Gasteiger partial charge in [0.1, 0.15) is 12.4 Å². The summed E-state index contributed by atoms with van der Waals surface area (Å²) in [6.45, 7) is 0.869. The molecule has 1 amide bonds. The number of carbonyl (C=O) groups excluding carboxylic acids is 1. The third-order valence-electron chi connectivity index (χ3n) is 3.97. The van der Waals surface area contributed by atoms with Gasteiger partial charge in [0.2, 0.25) is 5.91 Å². The molecule has 0 spiro atoms. The van der Waals surface area contributed by atoms with Gasteiger partial charge in [-0.3, -0.25) is 4.79 Å². The lowest BCUT2D eigenvalue weighted by atomic mass is 10.2. The molecule has 2 aromatic carbocycles. The molecule has 0 saturated carbocycles. The second kappa shape index (κ2) is 7.75. The van der Waals surface area contributed by atoms with Gasteiger partial charge >= 0.3 is 0 Å².